The van der Waals surface area contributed by atoms with Crippen LogP contribution in [0.4, 0.5) is 0 Å². The van der Waals surface area contributed by atoms with Crippen molar-refractivity contribution in [2.45, 2.75) is 32.2 Å². The Bertz CT molecular complexity index is 399. The molecule has 0 saturated carbocycles. The average Bonchev–Trinajstić information content (AvgIpc) is 2.74. The number of hydrogen-bond acceptors (Lipinski definition) is 2. The van der Waals surface area contributed by atoms with Gasteiger partial charge in [-0.3, -0.25) is 4.79 Å². The summed E-state index contributed by atoms with van der Waals surface area (Å²) >= 11 is 0. The van der Waals surface area contributed by atoms with Crippen LogP contribution in [0.15, 0.2) is 24.3 Å². The Kier molecular flexibility index (Phi) is 3.79. The molecule has 17 heavy (non-hydrogen) atoms. The summed E-state index contributed by atoms with van der Waals surface area (Å²) < 4.78 is 0. The molecule has 0 spiro atoms. The highest BCUT2D eigenvalue weighted by Gasteiger charge is 2.25. The van der Waals surface area contributed by atoms with E-state index in [4.69, 9.17) is 5.73 Å². The van der Waals surface area contributed by atoms with Crippen molar-refractivity contribution in [3.63, 3.8) is 0 Å². The summed E-state index contributed by atoms with van der Waals surface area (Å²) in [5.74, 6) is 0.0412. The predicted molar refractivity (Wildman–Crippen MR) is 68.5 cm³/mol. The van der Waals surface area contributed by atoms with Crippen LogP contribution in [0, 0.1) is 5.92 Å². The molecular weight excluding hydrogens is 212 g/mol. The first-order chi connectivity index (χ1) is 8.26. The number of hydrogen-bond donors (Lipinski definition) is 2. The third kappa shape index (κ3) is 2.50. The largest absolute Gasteiger partial charge is 0.349 e. The summed E-state index contributed by atoms with van der Waals surface area (Å²) in [6.45, 7) is 2.43. The van der Waals surface area contributed by atoms with Crippen molar-refractivity contribution < 1.29 is 4.79 Å². The highest BCUT2D eigenvalue weighted by atomic mass is 16.1. The molecule has 0 bridgehead atoms. The molecular formula is C14H20N2O. The summed E-state index contributed by atoms with van der Waals surface area (Å²) in [6, 6.07) is 8.51. The number of benzene rings is 1. The first kappa shape index (κ1) is 12.1. The van der Waals surface area contributed by atoms with Crippen LogP contribution in [0.5, 0.6) is 0 Å². The van der Waals surface area contributed by atoms with Gasteiger partial charge >= 0.3 is 0 Å². The van der Waals surface area contributed by atoms with Gasteiger partial charge < -0.3 is 11.1 Å². The van der Waals surface area contributed by atoms with Crippen LogP contribution in [0.3, 0.4) is 0 Å². The van der Waals surface area contributed by atoms with E-state index in [1.807, 2.05) is 13.0 Å². The van der Waals surface area contributed by atoms with E-state index < -0.39 is 0 Å². The second-order valence-corrected chi connectivity index (χ2v) is 4.64. The molecule has 2 unspecified atom stereocenters. The third-order valence-electron chi connectivity index (χ3n) is 3.60. The zero-order valence-corrected chi connectivity index (χ0v) is 10.3. The normalized spacial score (nSPS) is 19.8. The van der Waals surface area contributed by atoms with Crippen LogP contribution in [-0.2, 0) is 11.2 Å². The monoisotopic (exact) mass is 232 g/mol. The molecule has 1 amide bonds. The molecule has 0 heterocycles. The minimum absolute atomic E-state index is 0.0530. The maximum Gasteiger partial charge on any atom is 0.224 e. The molecule has 0 aromatic heterocycles. The highest BCUT2D eigenvalue weighted by Crippen LogP contribution is 2.30. The van der Waals surface area contributed by atoms with Crippen LogP contribution in [0.2, 0.25) is 0 Å². The Hall–Kier alpha value is -1.35. The molecule has 2 rings (SSSR count). The Labute approximate surface area is 102 Å². The summed E-state index contributed by atoms with van der Waals surface area (Å²) in [4.78, 5) is 12.0. The van der Waals surface area contributed by atoms with E-state index in [2.05, 4.69) is 23.5 Å². The molecule has 3 nitrogen and oxygen atoms in total. The summed E-state index contributed by atoms with van der Waals surface area (Å²) in [6.07, 6.45) is 2.86. The van der Waals surface area contributed by atoms with Gasteiger partial charge in [0, 0.05) is 12.5 Å². The molecule has 3 N–H and O–H groups in total. The number of rotatable bonds is 4. The van der Waals surface area contributed by atoms with Crippen molar-refractivity contribution in [1.29, 1.82) is 0 Å². The van der Waals surface area contributed by atoms with Gasteiger partial charge in [0.25, 0.3) is 0 Å². The molecule has 1 aromatic carbocycles. The van der Waals surface area contributed by atoms with Gasteiger partial charge in [-0.05, 0) is 30.4 Å². The average molecular weight is 232 g/mol. The topological polar surface area (TPSA) is 55.1 Å². The quantitative estimate of drug-likeness (QED) is 0.831. The maximum absolute atomic E-state index is 12.0. The van der Waals surface area contributed by atoms with E-state index in [1.165, 1.54) is 11.1 Å². The van der Waals surface area contributed by atoms with E-state index in [0.717, 1.165) is 19.3 Å². The minimum Gasteiger partial charge on any atom is -0.349 e. The molecule has 0 fully saturated rings. The molecule has 0 saturated heterocycles. The first-order valence-corrected chi connectivity index (χ1v) is 6.34. The second kappa shape index (κ2) is 5.32. The Morgan fingerprint density at radius 1 is 1.53 bits per heavy atom. The Balaban J connectivity index is 2.04. The number of aryl methyl sites for hydroxylation is 1. The summed E-state index contributed by atoms with van der Waals surface area (Å²) in [5.41, 5.74) is 8.22. The molecule has 3 heteroatoms. The summed E-state index contributed by atoms with van der Waals surface area (Å²) in [7, 11) is 0. The smallest absolute Gasteiger partial charge is 0.224 e. The fraction of sp³-hybridized carbons (Fsp3) is 0.500. The van der Waals surface area contributed by atoms with Crippen LogP contribution >= 0.6 is 0 Å². The van der Waals surface area contributed by atoms with Crippen LogP contribution in [-0.4, -0.2) is 12.5 Å². The molecule has 1 aliphatic carbocycles. The van der Waals surface area contributed by atoms with Gasteiger partial charge in [-0.2, -0.15) is 0 Å². The van der Waals surface area contributed by atoms with Gasteiger partial charge in [0.2, 0.25) is 5.91 Å². The first-order valence-electron chi connectivity index (χ1n) is 6.34. The van der Waals surface area contributed by atoms with Gasteiger partial charge in [-0.1, -0.05) is 31.2 Å². The molecule has 2 atom stereocenters. The lowest BCUT2D eigenvalue weighted by atomic mass is 10.0. The lowest BCUT2D eigenvalue weighted by Gasteiger charge is -2.18. The Morgan fingerprint density at radius 2 is 2.29 bits per heavy atom. The van der Waals surface area contributed by atoms with Crippen molar-refractivity contribution in [3.8, 4) is 0 Å². The molecule has 1 aromatic rings. The molecule has 1 aliphatic rings. The summed E-state index contributed by atoms with van der Waals surface area (Å²) in [5, 5.41) is 3.12. The zero-order chi connectivity index (χ0) is 12.3. The molecule has 0 aliphatic heterocycles. The number of carbonyl (C=O) groups is 1. The standard InChI is InChI=1S/C14H20N2O/c1-2-10(9-15)14(17)16-13-8-7-11-5-3-4-6-12(11)13/h3-6,10,13H,2,7-9,15H2,1H3,(H,16,17). The SMILES string of the molecule is CCC(CN)C(=O)NC1CCc2ccccc21. The second-order valence-electron chi connectivity index (χ2n) is 4.64. The predicted octanol–water partition coefficient (Wildman–Crippen LogP) is 1.77. The van der Waals surface area contributed by atoms with Crippen molar-refractivity contribution in [2.24, 2.45) is 11.7 Å². The van der Waals surface area contributed by atoms with Gasteiger partial charge in [-0.15, -0.1) is 0 Å². The van der Waals surface area contributed by atoms with E-state index in [-0.39, 0.29) is 17.9 Å². The molecule has 92 valence electrons. The van der Waals surface area contributed by atoms with Gasteiger partial charge in [0.1, 0.15) is 0 Å². The van der Waals surface area contributed by atoms with E-state index in [1.54, 1.807) is 0 Å². The number of nitrogens with one attached hydrogen (secondary N) is 1. The van der Waals surface area contributed by atoms with E-state index in [9.17, 15) is 4.79 Å². The van der Waals surface area contributed by atoms with Crippen molar-refractivity contribution in [2.75, 3.05) is 6.54 Å². The minimum atomic E-state index is -0.0530. The number of nitrogens with two attached hydrogens (primary N) is 1. The van der Waals surface area contributed by atoms with Gasteiger partial charge in [-0.25, -0.2) is 0 Å². The van der Waals surface area contributed by atoms with Gasteiger partial charge in [0.05, 0.1) is 6.04 Å². The molecule has 0 radical (unpaired) electrons. The lowest BCUT2D eigenvalue weighted by Crippen LogP contribution is -2.36. The Morgan fingerprint density at radius 3 is 3.00 bits per heavy atom. The van der Waals surface area contributed by atoms with Crippen LogP contribution < -0.4 is 11.1 Å². The van der Waals surface area contributed by atoms with Crippen molar-refractivity contribution in [1.82, 2.24) is 5.32 Å². The van der Waals surface area contributed by atoms with Crippen LogP contribution in [0.25, 0.3) is 0 Å². The van der Waals surface area contributed by atoms with Crippen molar-refractivity contribution in [3.05, 3.63) is 35.4 Å². The van der Waals surface area contributed by atoms with Gasteiger partial charge in [0.15, 0.2) is 0 Å². The highest BCUT2D eigenvalue weighted by molar-refractivity contribution is 5.79. The lowest BCUT2D eigenvalue weighted by molar-refractivity contribution is -0.125. The third-order valence-corrected chi connectivity index (χ3v) is 3.60. The fourth-order valence-electron chi connectivity index (χ4n) is 2.46. The maximum atomic E-state index is 12.0. The number of fused-ring (bicyclic) bond motifs is 1. The van der Waals surface area contributed by atoms with Crippen molar-refractivity contribution >= 4 is 5.91 Å². The number of amides is 1. The fourth-order valence-corrected chi connectivity index (χ4v) is 2.46. The van der Waals surface area contributed by atoms with E-state index >= 15 is 0 Å². The van der Waals surface area contributed by atoms with E-state index in [0.29, 0.717) is 6.54 Å². The van der Waals surface area contributed by atoms with Crippen LogP contribution in [0.1, 0.15) is 36.9 Å². The number of carbonyl (C=O) groups excluding carboxylic acids is 1. The zero-order valence-electron chi connectivity index (χ0n) is 10.3.